The Hall–Kier alpha value is -1.70. The summed E-state index contributed by atoms with van der Waals surface area (Å²) in [5.74, 6) is 1.05. The maximum Gasteiger partial charge on any atom is 0.255 e. The van der Waals surface area contributed by atoms with Crippen molar-refractivity contribution in [2.24, 2.45) is 11.8 Å². The van der Waals surface area contributed by atoms with Gasteiger partial charge >= 0.3 is 0 Å². The number of piperidine rings is 1. The minimum absolute atomic E-state index is 0.111. The van der Waals surface area contributed by atoms with E-state index in [1.807, 2.05) is 10.6 Å². The van der Waals surface area contributed by atoms with Crippen molar-refractivity contribution in [2.45, 2.75) is 44.7 Å². The van der Waals surface area contributed by atoms with Crippen LogP contribution in [-0.4, -0.2) is 72.9 Å². The summed E-state index contributed by atoms with van der Waals surface area (Å²) in [6.07, 6.45) is 3.78. The normalized spacial score (nSPS) is 28.1. The molecule has 4 aliphatic heterocycles. The number of ether oxygens (including phenoxy) is 2. The van der Waals surface area contributed by atoms with Gasteiger partial charge in [-0.25, -0.2) is 0 Å². The molecule has 7 heteroatoms. The summed E-state index contributed by atoms with van der Waals surface area (Å²) < 4.78 is 13.0. The Kier molecular flexibility index (Phi) is 5.94. The second kappa shape index (κ2) is 8.81. The summed E-state index contributed by atoms with van der Waals surface area (Å²) in [5.41, 5.74) is 2.16. The minimum atomic E-state index is 0.111. The summed E-state index contributed by atoms with van der Waals surface area (Å²) in [6, 6.07) is 4.17. The highest BCUT2D eigenvalue weighted by molar-refractivity contribution is 5.79. The standard InChI is InChI=1S/C23H33N3O4/c27-22(18-4-9-30-10-5-18)25-13-17-12-20(16-25)21-3-2-19(23(28)26(21)14-17)15-24-6-1-8-29-11-7-24/h2-3,17-18,20H,1,4-16H2/t17-,20+/m0/s1. The average Bonchev–Trinajstić information content (AvgIpc) is 3.05. The highest BCUT2D eigenvalue weighted by atomic mass is 16.5. The highest BCUT2D eigenvalue weighted by Gasteiger charge is 2.38. The lowest BCUT2D eigenvalue weighted by Gasteiger charge is -2.44. The SMILES string of the molecule is O=C(C1CCOCC1)N1C[C@@H]2C[C@H](C1)c1ccc(CN3CCCOCC3)c(=O)n1C2. The first kappa shape index (κ1) is 20.2. The largest absolute Gasteiger partial charge is 0.381 e. The van der Waals surface area contributed by atoms with E-state index in [9.17, 15) is 9.59 Å². The molecule has 0 unspecified atom stereocenters. The molecule has 1 amide bonds. The maximum absolute atomic E-state index is 13.3. The molecule has 4 aliphatic rings. The summed E-state index contributed by atoms with van der Waals surface area (Å²) in [4.78, 5) is 30.7. The molecule has 0 radical (unpaired) electrons. The number of nitrogens with zero attached hydrogens (tertiary/aromatic N) is 3. The molecular formula is C23H33N3O4. The quantitative estimate of drug-likeness (QED) is 0.748. The van der Waals surface area contributed by atoms with E-state index >= 15 is 0 Å². The third kappa shape index (κ3) is 4.07. The van der Waals surface area contributed by atoms with E-state index in [2.05, 4.69) is 15.9 Å². The van der Waals surface area contributed by atoms with E-state index < -0.39 is 0 Å². The monoisotopic (exact) mass is 415 g/mol. The molecule has 0 N–H and O–H groups in total. The van der Waals surface area contributed by atoms with Crippen LogP contribution in [0, 0.1) is 11.8 Å². The summed E-state index contributed by atoms with van der Waals surface area (Å²) in [7, 11) is 0. The molecule has 30 heavy (non-hydrogen) atoms. The molecule has 0 spiro atoms. The van der Waals surface area contributed by atoms with Gasteiger partial charge in [0.25, 0.3) is 5.56 Å². The van der Waals surface area contributed by atoms with Gasteiger partial charge in [-0.1, -0.05) is 6.07 Å². The second-order valence-electron chi connectivity index (χ2n) is 9.37. The fourth-order valence-electron chi connectivity index (χ4n) is 5.69. The van der Waals surface area contributed by atoms with Gasteiger partial charge in [0.15, 0.2) is 0 Å². The smallest absolute Gasteiger partial charge is 0.255 e. The molecule has 5 rings (SSSR count). The molecule has 0 aliphatic carbocycles. The number of hydrogen-bond donors (Lipinski definition) is 0. The predicted octanol–water partition coefficient (Wildman–Crippen LogP) is 1.44. The molecular weight excluding hydrogens is 382 g/mol. The van der Waals surface area contributed by atoms with Crippen molar-refractivity contribution in [2.75, 3.05) is 52.6 Å². The van der Waals surface area contributed by atoms with Crippen molar-refractivity contribution in [3.8, 4) is 0 Å². The Labute approximate surface area is 177 Å². The van der Waals surface area contributed by atoms with Crippen LogP contribution >= 0.6 is 0 Å². The van der Waals surface area contributed by atoms with Crippen LogP contribution in [0.2, 0.25) is 0 Å². The number of likely N-dealkylation sites (tertiary alicyclic amines) is 1. The number of hydrogen-bond acceptors (Lipinski definition) is 5. The van der Waals surface area contributed by atoms with E-state index in [0.717, 1.165) is 82.9 Å². The van der Waals surface area contributed by atoms with E-state index in [-0.39, 0.29) is 17.4 Å². The van der Waals surface area contributed by atoms with Gasteiger partial charge in [0, 0.05) is 82.2 Å². The number of amides is 1. The van der Waals surface area contributed by atoms with Crippen molar-refractivity contribution in [3.05, 3.63) is 33.7 Å². The molecule has 7 nitrogen and oxygen atoms in total. The van der Waals surface area contributed by atoms with Crippen LogP contribution in [0.4, 0.5) is 0 Å². The first-order chi connectivity index (χ1) is 14.7. The third-order valence-corrected chi connectivity index (χ3v) is 7.27. The fraction of sp³-hybridized carbons (Fsp3) is 0.739. The first-order valence-electron chi connectivity index (χ1n) is 11.6. The molecule has 3 fully saturated rings. The Morgan fingerprint density at radius 3 is 2.70 bits per heavy atom. The Balaban J connectivity index is 1.32. The van der Waals surface area contributed by atoms with Crippen LogP contribution in [0.1, 0.15) is 42.9 Å². The minimum Gasteiger partial charge on any atom is -0.381 e. The zero-order chi connectivity index (χ0) is 20.5. The molecule has 5 heterocycles. The van der Waals surface area contributed by atoms with Crippen LogP contribution < -0.4 is 5.56 Å². The molecule has 164 valence electrons. The van der Waals surface area contributed by atoms with Crippen molar-refractivity contribution < 1.29 is 14.3 Å². The average molecular weight is 416 g/mol. The number of rotatable bonds is 3. The number of pyridine rings is 1. The van der Waals surface area contributed by atoms with Gasteiger partial charge in [-0.2, -0.15) is 0 Å². The highest BCUT2D eigenvalue weighted by Crippen LogP contribution is 2.36. The van der Waals surface area contributed by atoms with E-state index in [0.29, 0.717) is 31.6 Å². The molecule has 0 aromatic carbocycles. The van der Waals surface area contributed by atoms with Crippen molar-refractivity contribution in [1.29, 1.82) is 0 Å². The lowest BCUT2D eigenvalue weighted by Crippen LogP contribution is -2.51. The van der Waals surface area contributed by atoms with Gasteiger partial charge in [0.1, 0.15) is 0 Å². The Bertz CT molecular complexity index is 824. The zero-order valence-corrected chi connectivity index (χ0v) is 17.8. The van der Waals surface area contributed by atoms with Crippen LogP contribution in [-0.2, 0) is 27.4 Å². The second-order valence-corrected chi connectivity index (χ2v) is 9.37. The molecule has 2 atom stereocenters. The molecule has 2 bridgehead atoms. The van der Waals surface area contributed by atoms with E-state index in [1.165, 1.54) is 0 Å². The van der Waals surface area contributed by atoms with Crippen LogP contribution in [0.15, 0.2) is 16.9 Å². The van der Waals surface area contributed by atoms with Crippen LogP contribution in [0.25, 0.3) is 0 Å². The van der Waals surface area contributed by atoms with Gasteiger partial charge in [-0.05, 0) is 37.7 Å². The summed E-state index contributed by atoms with van der Waals surface area (Å²) >= 11 is 0. The summed E-state index contributed by atoms with van der Waals surface area (Å²) in [6.45, 7) is 7.78. The fourth-order valence-corrected chi connectivity index (χ4v) is 5.69. The lowest BCUT2D eigenvalue weighted by atomic mass is 9.82. The number of carbonyl (C=O) groups excluding carboxylic acids is 1. The zero-order valence-electron chi connectivity index (χ0n) is 17.8. The van der Waals surface area contributed by atoms with Gasteiger partial charge in [-0.15, -0.1) is 0 Å². The third-order valence-electron chi connectivity index (χ3n) is 7.27. The van der Waals surface area contributed by atoms with Crippen LogP contribution in [0.3, 0.4) is 0 Å². The van der Waals surface area contributed by atoms with E-state index in [4.69, 9.17) is 9.47 Å². The molecule has 1 aromatic heterocycles. The van der Waals surface area contributed by atoms with Crippen LogP contribution in [0.5, 0.6) is 0 Å². The topological polar surface area (TPSA) is 64.0 Å². The number of fused-ring (bicyclic) bond motifs is 4. The predicted molar refractivity (Wildman–Crippen MR) is 112 cm³/mol. The lowest BCUT2D eigenvalue weighted by molar-refractivity contribution is -0.141. The van der Waals surface area contributed by atoms with Gasteiger partial charge in [0.05, 0.1) is 6.61 Å². The van der Waals surface area contributed by atoms with Crippen molar-refractivity contribution >= 4 is 5.91 Å². The van der Waals surface area contributed by atoms with Crippen molar-refractivity contribution in [1.82, 2.24) is 14.4 Å². The number of carbonyl (C=O) groups is 1. The number of aromatic nitrogens is 1. The van der Waals surface area contributed by atoms with Crippen molar-refractivity contribution in [3.63, 3.8) is 0 Å². The Morgan fingerprint density at radius 1 is 1.00 bits per heavy atom. The van der Waals surface area contributed by atoms with E-state index in [1.54, 1.807) is 0 Å². The summed E-state index contributed by atoms with van der Waals surface area (Å²) in [5, 5.41) is 0. The van der Waals surface area contributed by atoms with Gasteiger partial charge in [0.2, 0.25) is 5.91 Å². The Morgan fingerprint density at radius 2 is 1.83 bits per heavy atom. The molecule has 1 aromatic rings. The first-order valence-corrected chi connectivity index (χ1v) is 11.6. The molecule has 0 saturated carbocycles. The maximum atomic E-state index is 13.3. The van der Waals surface area contributed by atoms with Gasteiger partial charge in [-0.3, -0.25) is 14.5 Å². The van der Waals surface area contributed by atoms with Gasteiger partial charge < -0.3 is 18.9 Å². The molecule has 3 saturated heterocycles.